The highest BCUT2D eigenvalue weighted by Crippen LogP contribution is 1.80. The second-order valence-corrected chi connectivity index (χ2v) is 3.36. The number of rotatable bonds is 12. The molecule has 0 fully saturated rings. The molecule has 0 unspecified atom stereocenters. The van der Waals surface area contributed by atoms with Crippen LogP contribution >= 0.6 is 0 Å². The van der Waals surface area contributed by atoms with Crippen molar-refractivity contribution in [3.63, 3.8) is 0 Å². The van der Waals surface area contributed by atoms with E-state index in [4.69, 9.17) is 19.3 Å². The molecule has 0 aromatic carbocycles. The van der Waals surface area contributed by atoms with Crippen LogP contribution in [-0.2, 0) is 14.2 Å². The molecule has 0 aliphatic carbocycles. The molecule has 6 heteroatoms. The SMILES string of the molecule is CN(C)NCCOCCOCCOCCO. The van der Waals surface area contributed by atoms with Crippen molar-refractivity contribution >= 4 is 0 Å². The molecule has 0 radical (unpaired) electrons. The second-order valence-electron chi connectivity index (χ2n) is 3.36. The summed E-state index contributed by atoms with van der Waals surface area (Å²) in [7, 11) is 3.88. The third-order valence-corrected chi connectivity index (χ3v) is 1.65. The molecule has 0 aromatic rings. The van der Waals surface area contributed by atoms with Crippen molar-refractivity contribution in [1.29, 1.82) is 0 Å². The normalized spacial score (nSPS) is 11.2. The molecular formula is C10H24N2O4. The Labute approximate surface area is 97.4 Å². The van der Waals surface area contributed by atoms with E-state index < -0.39 is 0 Å². The molecule has 0 heterocycles. The van der Waals surface area contributed by atoms with Crippen molar-refractivity contribution in [3.05, 3.63) is 0 Å². The molecule has 0 amide bonds. The summed E-state index contributed by atoms with van der Waals surface area (Å²) in [5.41, 5.74) is 3.09. The lowest BCUT2D eigenvalue weighted by atomic mass is 10.7. The van der Waals surface area contributed by atoms with Gasteiger partial charge in [0.25, 0.3) is 0 Å². The van der Waals surface area contributed by atoms with Crippen LogP contribution in [0.2, 0.25) is 0 Å². The molecule has 16 heavy (non-hydrogen) atoms. The van der Waals surface area contributed by atoms with Gasteiger partial charge < -0.3 is 19.3 Å². The molecule has 0 rings (SSSR count). The van der Waals surface area contributed by atoms with Gasteiger partial charge in [0.05, 0.1) is 46.2 Å². The Morgan fingerprint density at radius 3 is 1.88 bits per heavy atom. The molecule has 0 aliphatic rings. The van der Waals surface area contributed by atoms with E-state index in [0.717, 1.165) is 6.54 Å². The third kappa shape index (κ3) is 13.8. The number of ether oxygens (including phenoxy) is 3. The maximum atomic E-state index is 8.43. The van der Waals surface area contributed by atoms with Crippen LogP contribution in [0.5, 0.6) is 0 Å². The summed E-state index contributed by atoms with van der Waals surface area (Å²) < 4.78 is 15.6. The van der Waals surface area contributed by atoms with Crippen LogP contribution < -0.4 is 5.43 Å². The highest BCUT2D eigenvalue weighted by atomic mass is 16.5. The minimum Gasteiger partial charge on any atom is -0.394 e. The number of aliphatic hydroxyl groups is 1. The van der Waals surface area contributed by atoms with E-state index in [1.807, 2.05) is 19.1 Å². The summed E-state index contributed by atoms with van der Waals surface area (Å²) in [4.78, 5) is 0. The number of aliphatic hydroxyl groups excluding tert-OH is 1. The minimum absolute atomic E-state index is 0.0575. The van der Waals surface area contributed by atoms with Gasteiger partial charge in [-0.3, -0.25) is 10.4 Å². The first-order chi connectivity index (χ1) is 7.77. The Morgan fingerprint density at radius 2 is 1.38 bits per heavy atom. The molecule has 6 nitrogen and oxygen atoms in total. The van der Waals surface area contributed by atoms with Gasteiger partial charge in [-0.05, 0) is 0 Å². The molecule has 0 saturated heterocycles. The van der Waals surface area contributed by atoms with E-state index in [0.29, 0.717) is 39.6 Å². The Balaban J connectivity index is 2.88. The quantitative estimate of drug-likeness (QED) is 0.338. The molecule has 0 bridgehead atoms. The first-order valence-electron chi connectivity index (χ1n) is 5.52. The topological polar surface area (TPSA) is 63.2 Å². The standard InChI is InChI=1S/C10H24N2O4/c1-12(2)11-3-5-14-7-9-16-10-8-15-6-4-13/h11,13H,3-10H2,1-2H3. The number of nitrogens with one attached hydrogen (secondary N) is 1. The van der Waals surface area contributed by atoms with Crippen LogP contribution in [-0.4, -0.2) is 77.0 Å². The van der Waals surface area contributed by atoms with Crippen LogP contribution in [0.25, 0.3) is 0 Å². The lowest BCUT2D eigenvalue weighted by Crippen LogP contribution is -2.33. The maximum absolute atomic E-state index is 8.43. The zero-order chi connectivity index (χ0) is 12.1. The fraction of sp³-hybridized carbons (Fsp3) is 1.00. The molecule has 0 saturated carbocycles. The summed E-state index contributed by atoms with van der Waals surface area (Å²) in [5, 5.41) is 10.3. The molecular weight excluding hydrogens is 212 g/mol. The van der Waals surface area contributed by atoms with Gasteiger partial charge in [0.2, 0.25) is 0 Å². The van der Waals surface area contributed by atoms with Crippen molar-refractivity contribution < 1.29 is 19.3 Å². The molecule has 2 N–H and O–H groups in total. The van der Waals surface area contributed by atoms with E-state index in [1.54, 1.807) is 0 Å². The van der Waals surface area contributed by atoms with Gasteiger partial charge in [-0.1, -0.05) is 0 Å². The van der Waals surface area contributed by atoms with Gasteiger partial charge in [-0.15, -0.1) is 0 Å². The van der Waals surface area contributed by atoms with Gasteiger partial charge >= 0.3 is 0 Å². The summed E-state index contributed by atoms with van der Waals surface area (Å²) >= 11 is 0. The lowest BCUT2D eigenvalue weighted by molar-refractivity contribution is 0.00691. The first-order valence-corrected chi connectivity index (χ1v) is 5.52. The van der Waals surface area contributed by atoms with Crippen molar-refractivity contribution in [1.82, 2.24) is 10.4 Å². The molecule has 0 aliphatic heterocycles. The van der Waals surface area contributed by atoms with Gasteiger partial charge in [0.15, 0.2) is 0 Å². The largest absolute Gasteiger partial charge is 0.394 e. The Bertz CT molecular complexity index is 136. The molecule has 0 atom stereocenters. The van der Waals surface area contributed by atoms with E-state index in [1.165, 1.54) is 0 Å². The Morgan fingerprint density at radius 1 is 0.875 bits per heavy atom. The average Bonchev–Trinajstić information content (AvgIpc) is 2.25. The number of hydrazine groups is 1. The number of nitrogens with zero attached hydrogens (tertiary/aromatic N) is 1. The fourth-order valence-corrected chi connectivity index (χ4v) is 0.948. The lowest BCUT2D eigenvalue weighted by Gasteiger charge is -2.11. The molecule has 0 aromatic heterocycles. The smallest absolute Gasteiger partial charge is 0.0701 e. The van der Waals surface area contributed by atoms with Crippen LogP contribution in [0.4, 0.5) is 0 Å². The zero-order valence-electron chi connectivity index (χ0n) is 10.3. The highest BCUT2D eigenvalue weighted by molar-refractivity contribution is 4.38. The average molecular weight is 236 g/mol. The summed E-state index contributed by atoms with van der Waals surface area (Å²) in [6, 6.07) is 0. The van der Waals surface area contributed by atoms with Crippen molar-refractivity contribution in [2.24, 2.45) is 0 Å². The molecule has 0 spiro atoms. The van der Waals surface area contributed by atoms with Gasteiger partial charge in [-0.25, -0.2) is 0 Å². The van der Waals surface area contributed by atoms with Gasteiger partial charge in [0.1, 0.15) is 0 Å². The maximum Gasteiger partial charge on any atom is 0.0701 e. The third-order valence-electron chi connectivity index (χ3n) is 1.65. The summed E-state index contributed by atoms with van der Waals surface area (Å²) in [5.74, 6) is 0. The minimum atomic E-state index is 0.0575. The Hall–Kier alpha value is -0.240. The van der Waals surface area contributed by atoms with Crippen LogP contribution in [0, 0.1) is 0 Å². The van der Waals surface area contributed by atoms with Crippen molar-refractivity contribution in [2.45, 2.75) is 0 Å². The number of hydrogen-bond donors (Lipinski definition) is 2. The van der Waals surface area contributed by atoms with Crippen molar-refractivity contribution in [3.8, 4) is 0 Å². The summed E-state index contributed by atoms with van der Waals surface area (Å²) in [6.45, 7) is 4.12. The van der Waals surface area contributed by atoms with Gasteiger partial charge in [-0.2, -0.15) is 0 Å². The zero-order valence-corrected chi connectivity index (χ0v) is 10.3. The van der Waals surface area contributed by atoms with E-state index >= 15 is 0 Å². The fourth-order valence-electron chi connectivity index (χ4n) is 0.948. The van der Waals surface area contributed by atoms with Crippen LogP contribution in [0.3, 0.4) is 0 Å². The predicted octanol–water partition coefficient (Wildman–Crippen LogP) is -0.905. The predicted molar refractivity (Wildman–Crippen MR) is 61.2 cm³/mol. The monoisotopic (exact) mass is 236 g/mol. The van der Waals surface area contributed by atoms with Crippen molar-refractivity contribution in [2.75, 3.05) is 66.9 Å². The van der Waals surface area contributed by atoms with E-state index in [-0.39, 0.29) is 6.61 Å². The number of hydrogen-bond acceptors (Lipinski definition) is 6. The first kappa shape index (κ1) is 15.8. The van der Waals surface area contributed by atoms with E-state index in [2.05, 4.69) is 5.43 Å². The van der Waals surface area contributed by atoms with E-state index in [9.17, 15) is 0 Å². The van der Waals surface area contributed by atoms with Crippen LogP contribution in [0.15, 0.2) is 0 Å². The summed E-state index contributed by atoms with van der Waals surface area (Å²) in [6.07, 6.45) is 0. The van der Waals surface area contributed by atoms with Crippen LogP contribution in [0.1, 0.15) is 0 Å². The van der Waals surface area contributed by atoms with Gasteiger partial charge in [0, 0.05) is 20.6 Å². The highest BCUT2D eigenvalue weighted by Gasteiger charge is 1.92. The Kier molecular flexibility index (Phi) is 12.6. The molecule has 98 valence electrons. The second kappa shape index (κ2) is 12.8.